The highest BCUT2D eigenvalue weighted by atomic mass is 15.0. The van der Waals surface area contributed by atoms with Crippen LogP contribution in [0.4, 0.5) is 0 Å². The lowest BCUT2D eigenvalue weighted by atomic mass is 9.79. The zero-order valence-corrected chi connectivity index (χ0v) is 12.9. The van der Waals surface area contributed by atoms with E-state index in [1.807, 2.05) is 0 Å². The van der Waals surface area contributed by atoms with Gasteiger partial charge < -0.3 is 5.32 Å². The molecule has 1 saturated carbocycles. The molecule has 0 heterocycles. The van der Waals surface area contributed by atoms with E-state index in [1.54, 1.807) is 0 Å². The molecule has 0 aromatic heterocycles. The van der Waals surface area contributed by atoms with Crippen LogP contribution in [0.2, 0.25) is 0 Å². The van der Waals surface area contributed by atoms with Crippen LogP contribution in [-0.2, 0) is 6.42 Å². The molecule has 0 bridgehead atoms. The molecular weight excluding hydrogens is 230 g/mol. The van der Waals surface area contributed by atoms with Crippen molar-refractivity contribution in [3.63, 3.8) is 0 Å². The minimum absolute atomic E-state index is 0.571. The van der Waals surface area contributed by atoms with Gasteiger partial charge in [-0.1, -0.05) is 38.1 Å². The van der Waals surface area contributed by atoms with Crippen molar-refractivity contribution in [2.24, 2.45) is 11.8 Å². The minimum atomic E-state index is 0.571. The summed E-state index contributed by atoms with van der Waals surface area (Å²) >= 11 is 0. The molecular formula is C18H29N. The fourth-order valence-corrected chi connectivity index (χ4v) is 3.51. The Morgan fingerprint density at radius 3 is 2.63 bits per heavy atom. The van der Waals surface area contributed by atoms with Crippen LogP contribution in [0.25, 0.3) is 0 Å². The van der Waals surface area contributed by atoms with E-state index in [9.17, 15) is 0 Å². The first-order chi connectivity index (χ1) is 9.06. The summed E-state index contributed by atoms with van der Waals surface area (Å²) in [7, 11) is 0. The number of nitrogens with one attached hydrogen (secondary N) is 1. The summed E-state index contributed by atoms with van der Waals surface area (Å²) in [5.74, 6) is 1.74. The molecule has 0 aliphatic heterocycles. The van der Waals surface area contributed by atoms with Gasteiger partial charge in [-0.2, -0.15) is 0 Å². The fourth-order valence-electron chi connectivity index (χ4n) is 3.51. The Bertz CT molecular complexity index is 398. The first kappa shape index (κ1) is 14.6. The number of rotatable bonds is 4. The minimum Gasteiger partial charge on any atom is -0.311 e. The Morgan fingerprint density at radius 2 is 1.95 bits per heavy atom. The Kier molecular flexibility index (Phi) is 5.04. The van der Waals surface area contributed by atoms with E-state index in [1.165, 1.54) is 30.4 Å². The lowest BCUT2D eigenvalue weighted by Gasteiger charge is -2.35. The van der Waals surface area contributed by atoms with Gasteiger partial charge >= 0.3 is 0 Å². The van der Waals surface area contributed by atoms with Crippen molar-refractivity contribution in [2.75, 3.05) is 0 Å². The average Bonchev–Trinajstić information content (AvgIpc) is 2.36. The molecule has 4 atom stereocenters. The van der Waals surface area contributed by atoms with E-state index in [0.717, 1.165) is 24.3 Å². The van der Waals surface area contributed by atoms with Crippen LogP contribution in [0.5, 0.6) is 0 Å². The molecule has 106 valence electrons. The summed E-state index contributed by atoms with van der Waals surface area (Å²) in [6.07, 6.45) is 5.26. The second-order valence-electron chi connectivity index (χ2n) is 6.70. The molecule has 19 heavy (non-hydrogen) atoms. The van der Waals surface area contributed by atoms with Crippen LogP contribution in [0.1, 0.15) is 51.2 Å². The second-order valence-corrected chi connectivity index (χ2v) is 6.70. The molecule has 1 aliphatic rings. The zero-order chi connectivity index (χ0) is 13.8. The highest BCUT2D eigenvalue weighted by molar-refractivity contribution is 5.26. The normalized spacial score (nSPS) is 29.2. The Labute approximate surface area is 118 Å². The predicted molar refractivity (Wildman–Crippen MR) is 83.4 cm³/mol. The highest BCUT2D eigenvalue weighted by Gasteiger charge is 2.26. The Hall–Kier alpha value is -0.820. The van der Waals surface area contributed by atoms with E-state index in [-0.39, 0.29) is 0 Å². The van der Waals surface area contributed by atoms with E-state index in [2.05, 4.69) is 57.3 Å². The van der Waals surface area contributed by atoms with Gasteiger partial charge in [0.1, 0.15) is 0 Å². The van der Waals surface area contributed by atoms with Crippen molar-refractivity contribution in [3.8, 4) is 0 Å². The highest BCUT2D eigenvalue weighted by Crippen LogP contribution is 2.29. The number of aryl methyl sites for hydroxylation is 1. The monoisotopic (exact) mass is 259 g/mol. The van der Waals surface area contributed by atoms with E-state index >= 15 is 0 Å². The molecule has 1 fully saturated rings. The van der Waals surface area contributed by atoms with Crippen molar-refractivity contribution >= 4 is 0 Å². The van der Waals surface area contributed by atoms with Crippen LogP contribution < -0.4 is 5.32 Å². The summed E-state index contributed by atoms with van der Waals surface area (Å²) in [5, 5.41) is 3.86. The fraction of sp³-hybridized carbons (Fsp3) is 0.667. The first-order valence-corrected chi connectivity index (χ1v) is 7.86. The summed E-state index contributed by atoms with van der Waals surface area (Å²) in [4.78, 5) is 0. The van der Waals surface area contributed by atoms with Gasteiger partial charge in [0.25, 0.3) is 0 Å². The van der Waals surface area contributed by atoms with Crippen LogP contribution in [0.3, 0.4) is 0 Å². The molecule has 1 nitrogen and oxygen atoms in total. The average molecular weight is 259 g/mol. The van der Waals surface area contributed by atoms with Crippen molar-refractivity contribution in [3.05, 3.63) is 35.4 Å². The van der Waals surface area contributed by atoms with Gasteiger partial charge in [-0.05, 0) is 62.5 Å². The maximum Gasteiger partial charge on any atom is 0.00954 e. The van der Waals surface area contributed by atoms with Gasteiger partial charge in [-0.25, -0.2) is 0 Å². The second kappa shape index (κ2) is 6.56. The smallest absolute Gasteiger partial charge is 0.00954 e. The topological polar surface area (TPSA) is 12.0 Å². The summed E-state index contributed by atoms with van der Waals surface area (Å²) in [6, 6.07) is 10.0. The zero-order valence-electron chi connectivity index (χ0n) is 12.9. The first-order valence-electron chi connectivity index (χ1n) is 7.86. The van der Waals surface area contributed by atoms with Crippen molar-refractivity contribution in [1.29, 1.82) is 0 Å². The molecule has 2 rings (SSSR count). The van der Waals surface area contributed by atoms with Gasteiger partial charge in [0, 0.05) is 12.1 Å². The lowest BCUT2D eigenvalue weighted by molar-refractivity contribution is 0.215. The maximum atomic E-state index is 3.86. The van der Waals surface area contributed by atoms with Crippen LogP contribution >= 0.6 is 0 Å². The van der Waals surface area contributed by atoms with Crippen molar-refractivity contribution in [2.45, 2.75) is 65.5 Å². The number of hydrogen-bond acceptors (Lipinski definition) is 1. The number of benzene rings is 1. The lowest BCUT2D eigenvalue weighted by Crippen LogP contribution is -2.44. The Balaban J connectivity index is 1.87. The van der Waals surface area contributed by atoms with Gasteiger partial charge in [-0.3, -0.25) is 0 Å². The van der Waals surface area contributed by atoms with E-state index in [4.69, 9.17) is 0 Å². The predicted octanol–water partition coefficient (Wildman–Crippen LogP) is 4.34. The molecule has 0 amide bonds. The quantitative estimate of drug-likeness (QED) is 0.848. The molecule has 0 spiro atoms. The van der Waals surface area contributed by atoms with Crippen molar-refractivity contribution < 1.29 is 0 Å². The van der Waals surface area contributed by atoms with Gasteiger partial charge in [0.15, 0.2) is 0 Å². The van der Waals surface area contributed by atoms with E-state index < -0.39 is 0 Å². The van der Waals surface area contributed by atoms with E-state index in [0.29, 0.717) is 6.04 Å². The molecule has 1 aliphatic carbocycles. The molecule has 1 heteroatoms. The van der Waals surface area contributed by atoms with Crippen LogP contribution in [-0.4, -0.2) is 12.1 Å². The third-order valence-electron chi connectivity index (χ3n) is 4.72. The summed E-state index contributed by atoms with van der Waals surface area (Å²) in [5.41, 5.74) is 2.90. The third kappa shape index (κ3) is 4.07. The maximum absolute atomic E-state index is 3.86. The Morgan fingerprint density at radius 1 is 1.21 bits per heavy atom. The van der Waals surface area contributed by atoms with Gasteiger partial charge in [0.05, 0.1) is 0 Å². The largest absolute Gasteiger partial charge is 0.311 e. The molecule has 1 aromatic carbocycles. The summed E-state index contributed by atoms with van der Waals surface area (Å²) < 4.78 is 0. The van der Waals surface area contributed by atoms with Crippen LogP contribution in [0.15, 0.2) is 24.3 Å². The molecule has 4 unspecified atom stereocenters. The number of hydrogen-bond donors (Lipinski definition) is 1. The molecule has 0 saturated heterocycles. The van der Waals surface area contributed by atoms with Crippen molar-refractivity contribution in [1.82, 2.24) is 5.32 Å². The van der Waals surface area contributed by atoms with Gasteiger partial charge in [0.2, 0.25) is 0 Å². The summed E-state index contributed by atoms with van der Waals surface area (Å²) in [6.45, 7) is 9.35. The van der Waals surface area contributed by atoms with Crippen LogP contribution in [0, 0.1) is 18.8 Å². The third-order valence-corrected chi connectivity index (χ3v) is 4.72. The van der Waals surface area contributed by atoms with Gasteiger partial charge in [-0.15, -0.1) is 0 Å². The molecule has 0 radical (unpaired) electrons. The SMILES string of the molecule is Cc1ccccc1CC(C)NC1CCC(C)CC1C. The molecule has 1 N–H and O–H groups in total. The standard InChI is InChI=1S/C18H29N/c1-13-9-10-18(15(3)11-13)19-16(4)12-17-8-6-5-7-14(17)2/h5-8,13,15-16,18-19H,9-12H2,1-4H3. The molecule has 1 aromatic rings.